The molecule has 8 aromatic rings. The third kappa shape index (κ3) is 3.07. The largest absolute Gasteiger partial charge is 0.298 e. The summed E-state index contributed by atoms with van der Waals surface area (Å²) in [6, 6.07) is 38.8. The van der Waals surface area contributed by atoms with Gasteiger partial charge >= 0.3 is 0 Å². The Morgan fingerprint density at radius 3 is 1.79 bits per heavy atom. The van der Waals surface area contributed by atoms with Gasteiger partial charge in [-0.15, -0.1) is 0 Å². The molecule has 38 heavy (non-hydrogen) atoms. The van der Waals surface area contributed by atoms with E-state index in [0.29, 0.717) is 17.6 Å². The molecule has 178 valence electrons. The first-order valence-corrected chi connectivity index (χ1v) is 12.5. The predicted molar refractivity (Wildman–Crippen MR) is 151 cm³/mol. The van der Waals surface area contributed by atoms with Gasteiger partial charge in [0.15, 0.2) is 17.3 Å². The Morgan fingerprint density at radius 1 is 0.474 bits per heavy atom. The van der Waals surface area contributed by atoms with Crippen LogP contribution in [0.4, 0.5) is 0 Å². The number of hydrogen-bond acceptors (Lipinski definition) is 4. The summed E-state index contributed by atoms with van der Waals surface area (Å²) in [7, 11) is 0. The highest BCUT2D eigenvalue weighted by atomic mass is 15.2. The van der Waals surface area contributed by atoms with Crippen molar-refractivity contribution < 1.29 is 0 Å². The van der Waals surface area contributed by atoms with Gasteiger partial charge in [0.25, 0.3) is 0 Å². The third-order valence-corrected chi connectivity index (χ3v) is 7.00. The van der Waals surface area contributed by atoms with Crippen molar-refractivity contribution in [2.45, 2.75) is 0 Å². The maximum atomic E-state index is 5.06. The number of rotatable bonds is 3. The highest BCUT2D eigenvalue weighted by Crippen LogP contribution is 2.35. The zero-order valence-electron chi connectivity index (χ0n) is 20.2. The molecule has 0 aliphatic rings. The quantitative estimate of drug-likeness (QED) is 0.266. The van der Waals surface area contributed by atoms with Crippen LogP contribution >= 0.6 is 0 Å². The molecule has 0 aliphatic heterocycles. The Hall–Kier alpha value is -5.36. The van der Waals surface area contributed by atoms with E-state index < -0.39 is 0 Å². The van der Waals surface area contributed by atoms with Gasteiger partial charge in [-0.05, 0) is 24.3 Å². The van der Waals surface area contributed by atoms with Crippen LogP contribution < -0.4 is 0 Å². The second-order valence-electron chi connectivity index (χ2n) is 9.24. The summed E-state index contributed by atoms with van der Waals surface area (Å²) < 4.78 is 4.27. The molecule has 0 unspecified atom stereocenters. The van der Waals surface area contributed by atoms with E-state index in [1.54, 1.807) is 0 Å². The van der Waals surface area contributed by atoms with Crippen LogP contribution in [0.1, 0.15) is 0 Å². The molecule has 4 aromatic heterocycles. The summed E-state index contributed by atoms with van der Waals surface area (Å²) in [6.07, 6.45) is 2.10. The SMILES string of the molecule is c1ccc(-c2nc(-c3ccccc3)nc(-n3c4ccccc4c4ccn5c6ccccc6nc5c43)n2)cc1. The second kappa shape index (κ2) is 8.08. The van der Waals surface area contributed by atoms with Gasteiger partial charge in [0.2, 0.25) is 5.95 Å². The molecule has 0 spiro atoms. The van der Waals surface area contributed by atoms with Gasteiger partial charge in [-0.1, -0.05) is 91.0 Å². The van der Waals surface area contributed by atoms with Gasteiger partial charge in [0.05, 0.1) is 16.6 Å². The second-order valence-corrected chi connectivity index (χ2v) is 9.24. The first kappa shape index (κ1) is 20.8. The van der Waals surface area contributed by atoms with Gasteiger partial charge in [0, 0.05) is 28.1 Å². The normalized spacial score (nSPS) is 11.7. The number of fused-ring (bicyclic) bond motifs is 7. The average Bonchev–Trinajstić information content (AvgIpc) is 3.54. The van der Waals surface area contributed by atoms with E-state index >= 15 is 0 Å². The van der Waals surface area contributed by atoms with E-state index in [-0.39, 0.29) is 0 Å². The van der Waals surface area contributed by atoms with Gasteiger partial charge in [0.1, 0.15) is 5.52 Å². The summed E-state index contributed by atoms with van der Waals surface area (Å²) >= 11 is 0. The summed E-state index contributed by atoms with van der Waals surface area (Å²) in [6.45, 7) is 0. The van der Waals surface area contributed by atoms with E-state index in [4.69, 9.17) is 19.9 Å². The Labute approximate surface area is 217 Å². The standard InChI is InChI=1S/C32H20N6/c1-3-11-21(12-4-1)29-34-30(22-13-5-2-6-14-22)36-32(35-29)38-26-17-9-7-15-23(26)24-19-20-37-27-18-10-8-16-25(27)33-31(37)28(24)38/h1-20H. The number of hydrogen-bond donors (Lipinski definition) is 0. The minimum Gasteiger partial charge on any atom is -0.298 e. The summed E-state index contributed by atoms with van der Waals surface area (Å²) in [5.74, 6) is 1.81. The summed E-state index contributed by atoms with van der Waals surface area (Å²) in [5, 5.41) is 2.23. The van der Waals surface area contributed by atoms with Gasteiger partial charge < -0.3 is 0 Å². The molecular weight excluding hydrogens is 468 g/mol. The number of imidazole rings is 1. The third-order valence-electron chi connectivity index (χ3n) is 7.00. The number of benzene rings is 4. The summed E-state index contributed by atoms with van der Waals surface area (Å²) in [4.78, 5) is 20.0. The lowest BCUT2D eigenvalue weighted by molar-refractivity contribution is 0.952. The molecule has 4 heterocycles. The maximum absolute atomic E-state index is 5.06. The molecule has 0 saturated heterocycles. The van der Waals surface area contributed by atoms with Crippen molar-refractivity contribution >= 4 is 38.5 Å². The molecule has 8 rings (SSSR count). The number of aromatic nitrogens is 6. The van der Waals surface area contributed by atoms with Crippen LogP contribution in [0.3, 0.4) is 0 Å². The minimum absolute atomic E-state index is 0.559. The molecule has 0 aliphatic carbocycles. The lowest BCUT2D eigenvalue weighted by Gasteiger charge is -2.11. The van der Waals surface area contributed by atoms with Crippen molar-refractivity contribution in [1.29, 1.82) is 0 Å². The van der Waals surface area contributed by atoms with Crippen LogP contribution in [0.15, 0.2) is 121 Å². The van der Waals surface area contributed by atoms with Crippen LogP contribution in [0.2, 0.25) is 0 Å². The van der Waals surface area contributed by atoms with Crippen molar-refractivity contribution in [2.75, 3.05) is 0 Å². The van der Waals surface area contributed by atoms with Crippen molar-refractivity contribution in [3.63, 3.8) is 0 Å². The van der Waals surface area contributed by atoms with Crippen LogP contribution in [0.25, 0.3) is 67.2 Å². The molecule has 0 saturated carbocycles. The summed E-state index contributed by atoms with van der Waals surface area (Å²) in [5.41, 5.74) is 6.73. The molecule has 0 fully saturated rings. The number of pyridine rings is 1. The fraction of sp³-hybridized carbons (Fsp3) is 0. The van der Waals surface area contributed by atoms with Crippen LogP contribution in [-0.4, -0.2) is 28.9 Å². The first-order chi connectivity index (χ1) is 18.8. The molecule has 0 bridgehead atoms. The molecule has 4 aromatic carbocycles. The maximum Gasteiger partial charge on any atom is 0.238 e. The Bertz CT molecular complexity index is 2070. The monoisotopic (exact) mass is 488 g/mol. The zero-order valence-corrected chi connectivity index (χ0v) is 20.2. The Kier molecular flexibility index (Phi) is 4.42. The fourth-order valence-corrected chi connectivity index (χ4v) is 5.27. The predicted octanol–water partition coefficient (Wildman–Crippen LogP) is 7.10. The van der Waals surface area contributed by atoms with Crippen LogP contribution in [-0.2, 0) is 0 Å². The van der Waals surface area contributed by atoms with Gasteiger partial charge in [-0.2, -0.15) is 9.97 Å². The van der Waals surface area contributed by atoms with Crippen molar-refractivity contribution in [3.05, 3.63) is 121 Å². The van der Waals surface area contributed by atoms with E-state index in [1.165, 1.54) is 0 Å². The topological polar surface area (TPSA) is 60.9 Å². The molecule has 0 atom stereocenters. The molecule has 0 radical (unpaired) electrons. The van der Waals surface area contributed by atoms with E-state index in [2.05, 4.69) is 45.5 Å². The molecule has 6 heteroatoms. The van der Waals surface area contributed by atoms with Gasteiger partial charge in [-0.25, -0.2) is 9.97 Å². The van der Waals surface area contributed by atoms with Crippen LogP contribution in [0, 0.1) is 0 Å². The average molecular weight is 489 g/mol. The lowest BCUT2D eigenvalue weighted by atomic mass is 10.2. The lowest BCUT2D eigenvalue weighted by Crippen LogP contribution is -2.07. The fourth-order valence-electron chi connectivity index (χ4n) is 5.27. The molecule has 0 N–H and O–H groups in total. The van der Waals surface area contributed by atoms with E-state index in [9.17, 15) is 0 Å². The minimum atomic E-state index is 0.559. The van der Waals surface area contributed by atoms with Crippen molar-refractivity contribution in [3.8, 4) is 28.7 Å². The zero-order chi connectivity index (χ0) is 25.1. The molecular formula is C32H20N6. The van der Waals surface area contributed by atoms with Gasteiger partial charge in [-0.3, -0.25) is 8.97 Å². The van der Waals surface area contributed by atoms with Crippen molar-refractivity contribution in [2.24, 2.45) is 0 Å². The molecule has 0 amide bonds. The highest BCUT2D eigenvalue weighted by molar-refractivity contribution is 6.14. The molecule has 6 nitrogen and oxygen atoms in total. The van der Waals surface area contributed by atoms with Crippen molar-refractivity contribution in [1.82, 2.24) is 28.9 Å². The Balaban J connectivity index is 1.53. The Morgan fingerprint density at radius 2 is 1.08 bits per heavy atom. The number of nitrogens with zero attached hydrogens (tertiary/aromatic N) is 6. The number of para-hydroxylation sites is 3. The smallest absolute Gasteiger partial charge is 0.238 e. The van der Waals surface area contributed by atoms with E-state index in [1.807, 2.05) is 84.9 Å². The first-order valence-electron chi connectivity index (χ1n) is 12.5. The van der Waals surface area contributed by atoms with Crippen LogP contribution in [0.5, 0.6) is 0 Å². The van der Waals surface area contributed by atoms with E-state index in [0.717, 1.165) is 49.6 Å². The highest BCUT2D eigenvalue weighted by Gasteiger charge is 2.21.